The summed E-state index contributed by atoms with van der Waals surface area (Å²) in [6.45, 7) is 4.78. The van der Waals surface area contributed by atoms with Crippen molar-refractivity contribution in [1.29, 1.82) is 0 Å². The van der Waals surface area contributed by atoms with Gasteiger partial charge in [-0.3, -0.25) is 9.59 Å². The Labute approximate surface area is 183 Å². The monoisotopic (exact) mass is 435 g/mol. The van der Waals surface area contributed by atoms with Crippen LogP contribution >= 0.6 is 24.0 Å². The predicted octanol–water partition coefficient (Wildman–Crippen LogP) is 3.34. The van der Waals surface area contributed by atoms with Crippen LogP contribution in [0.15, 0.2) is 48.5 Å². The van der Waals surface area contributed by atoms with E-state index in [1.165, 1.54) is 5.56 Å². The highest BCUT2D eigenvalue weighted by atomic mass is 35.5. The summed E-state index contributed by atoms with van der Waals surface area (Å²) in [7, 11) is 0. The van der Waals surface area contributed by atoms with Crippen LogP contribution in [0.2, 0.25) is 5.02 Å². The van der Waals surface area contributed by atoms with Gasteiger partial charge in [0.05, 0.1) is 6.04 Å². The molecule has 1 fully saturated rings. The van der Waals surface area contributed by atoms with E-state index >= 15 is 0 Å². The molecule has 0 saturated carbocycles. The van der Waals surface area contributed by atoms with Gasteiger partial charge in [-0.1, -0.05) is 48.0 Å². The van der Waals surface area contributed by atoms with E-state index in [9.17, 15) is 9.59 Å². The molecule has 2 amide bonds. The molecular formula is C22H27Cl2N3O2. The maximum absolute atomic E-state index is 12.5. The van der Waals surface area contributed by atoms with Crippen molar-refractivity contribution in [1.82, 2.24) is 16.0 Å². The van der Waals surface area contributed by atoms with Crippen LogP contribution < -0.4 is 16.0 Å². The molecule has 2 aromatic carbocycles. The highest BCUT2D eigenvalue weighted by molar-refractivity contribution is 6.30. The SMILES string of the molecule is Cc1cc(Cl)cc(CNC(=O)[C@H](C)NC(=O)[C@H]2C[C@H](c3ccccc3)CN2)c1.Cl. The van der Waals surface area contributed by atoms with Gasteiger partial charge in [-0.25, -0.2) is 0 Å². The number of nitrogens with one attached hydrogen (secondary N) is 3. The summed E-state index contributed by atoms with van der Waals surface area (Å²) in [5, 5.41) is 9.57. The zero-order valence-corrected chi connectivity index (χ0v) is 18.1. The molecule has 3 N–H and O–H groups in total. The lowest BCUT2D eigenvalue weighted by atomic mass is 9.96. The van der Waals surface area contributed by atoms with Gasteiger partial charge in [0.1, 0.15) is 6.04 Å². The van der Waals surface area contributed by atoms with Gasteiger partial charge < -0.3 is 16.0 Å². The van der Waals surface area contributed by atoms with E-state index in [1.54, 1.807) is 6.92 Å². The Bertz CT molecular complexity index is 825. The van der Waals surface area contributed by atoms with E-state index in [0.29, 0.717) is 17.5 Å². The van der Waals surface area contributed by atoms with Crippen LogP contribution in [-0.2, 0) is 16.1 Å². The van der Waals surface area contributed by atoms with E-state index < -0.39 is 6.04 Å². The molecule has 0 radical (unpaired) electrons. The lowest BCUT2D eigenvalue weighted by Crippen LogP contribution is -2.49. The lowest BCUT2D eigenvalue weighted by molar-refractivity contribution is -0.129. The van der Waals surface area contributed by atoms with Crippen molar-refractivity contribution in [2.24, 2.45) is 0 Å². The molecule has 5 nitrogen and oxygen atoms in total. The number of hydrogen-bond acceptors (Lipinski definition) is 3. The van der Waals surface area contributed by atoms with Crippen LogP contribution in [-0.4, -0.2) is 30.4 Å². The minimum absolute atomic E-state index is 0. The van der Waals surface area contributed by atoms with Gasteiger partial charge in [-0.15, -0.1) is 12.4 Å². The Morgan fingerprint density at radius 3 is 2.62 bits per heavy atom. The summed E-state index contributed by atoms with van der Waals surface area (Å²) in [5.74, 6) is -0.0459. The third kappa shape index (κ3) is 6.46. The molecular weight excluding hydrogens is 409 g/mol. The van der Waals surface area contributed by atoms with Crippen molar-refractivity contribution in [3.8, 4) is 0 Å². The summed E-state index contributed by atoms with van der Waals surface area (Å²) in [6, 6.07) is 15.0. The van der Waals surface area contributed by atoms with Gasteiger partial charge in [-0.2, -0.15) is 0 Å². The molecule has 0 spiro atoms. The molecule has 1 saturated heterocycles. The molecule has 3 atom stereocenters. The fourth-order valence-electron chi connectivity index (χ4n) is 3.55. The zero-order chi connectivity index (χ0) is 20.1. The van der Waals surface area contributed by atoms with Gasteiger partial charge in [-0.05, 0) is 55.0 Å². The topological polar surface area (TPSA) is 70.2 Å². The minimum Gasteiger partial charge on any atom is -0.350 e. The van der Waals surface area contributed by atoms with Crippen molar-refractivity contribution in [2.45, 2.75) is 44.8 Å². The largest absolute Gasteiger partial charge is 0.350 e. The zero-order valence-electron chi connectivity index (χ0n) is 16.6. The van der Waals surface area contributed by atoms with E-state index in [1.807, 2.05) is 43.3 Å². The van der Waals surface area contributed by atoms with Crippen molar-refractivity contribution in [2.75, 3.05) is 6.54 Å². The maximum Gasteiger partial charge on any atom is 0.242 e. The van der Waals surface area contributed by atoms with Gasteiger partial charge in [0.25, 0.3) is 0 Å². The molecule has 1 aliphatic rings. The van der Waals surface area contributed by atoms with E-state index in [4.69, 9.17) is 11.6 Å². The number of aryl methyl sites for hydroxylation is 1. The van der Waals surface area contributed by atoms with Crippen molar-refractivity contribution in [3.63, 3.8) is 0 Å². The molecule has 0 unspecified atom stereocenters. The van der Waals surface area contributed by atoms with Gasteiger partial charge >= 0.3 is 0 Å². The molecule has 29 heavy (non-hydrogen) atoms. The Morgan fingerprint density at radius 1 is 1.21 bits per heavy atom. The minimum atomic E-state index is -0.606. The average molecular weight is 436 g/mol. The standard InChI is InChI=1S/C22H26ClN3O2.ClH/c1-14-8-16(10-19(23)9-14)12-25-21(27)15(2)26-22(28)20-11-18(13-24-20)17-6-4-3-5-7-17;/h3-10,15,18,20,24H,11-13H2,1-2H3,(H,25,27)(H,26,28);1H/t15-,18-,20+;/m0./s1. The molecule has 0 bridgehead atoms. The fraction of sp³-hybridized carbons (Fsp3) is 0.364. The molecule has 7 heteroatoms. The number of halogens is 2. The van der Waals surface area contributed by atoms with E-state index in [0.717, 1.165) is 24.1 Å². The number of rotatable bonds is 6. The van der Waals surface area contributed by atoms with Gasteiger partial charge in [0.2, 0.25) is 11.8 Å². The smallest absolute Gasteiger partial charge is 0.242 e. The highest BCUT2D eigenvalue weighted by Crippen LogP contribution is 2.25. The van der Waals surface area contributed by atoms with Gasteiger partial charge in [0, 0.05) is 18.1 Å². The van der Waals surface area contributed by atoms with Crippen molar-refractivity contribution >= 4 is 35.8 Å². The predicted molar refractivity (Wildman–Crippen MR) is 118 cm³/mol. The molecule has 3 rings (SSSR count). The first-order valence-electron chi connectivity index (χ1n) is 9.55. The maximum atomic E-state index is 12.5. The Morgan fingerprint density at radius 2 is 1.93 bits per heavy atom. The molecule has 2 aromatic rings. The molecule has 1 heterocycles. The molecule has 1 aliphatic heterocycles. The van der Waals surface area contributed by atoms with Crippen LogP contribution in [0.1, 0.15) is 36.0 Å². The number of carbonyl (C=O) groups is 2. The first-order chi connectivity index (χ1) is 13.4. The second-order valence-corrected chi connectivity index (χ2v) is 7.83. The third-order valence-electron chi connectivity index (χ3n) is 5.04. The Kier molecular flexibility index (Phi) is 8.50. The lowest BCUT2D eigenvalue weighted by Gasteiger charge is -2.17. The molecule has 0 aliphatic carbocycles. The number of carbonyl (C=O) groups excluding carboxylic acids is 2. The fourth-order valence-corrected chi connectivity index (χ4v) is 3.86. The molecule has 156 valence electrons. The van der Waals surface area contributed by atoms with Crippen LogP contribution in [0.3, 0.4) is 0 Å². The van der Waals surface area contributed by atoms with Crippen molar-refractivity contribution in [3.05, 3.63) is 70.2 Å². The third-order valence-corrected chi connectivity index (χ3v) is 5.26. The summed E-state index contributed by atoms with van der Waals surface area (Å²) in [6.07, 6.45) is 0.728. The summed E-state index contributed by atoms with van der Waals surface area (Å²) in [5.41, 5.74) is 3.20. The second-order valence-electron chi connectivity index (χ2n) is 7.39. The van der Waals surface area contributed by atoms with E-state index in [2.05, 4.69) is 28.1 Å². The second kappa shape index (κ2) is 10.6. The quantitative estimate of drug-likeness (QED) is 0.651. The van der Waals surface area contributed by atoms with Crippen LogP contribution in [0, 0.1) is 6.92 Å². The average Bonchev–Trinajstić information content (AvgIpc) is 3.16. The van der Waals surface area contributed by atoms with E-state index in [-0.39, 0.29) is 30.3 Å². The Hall–Kier alpha value is -2.08. The number of benzene rings is 2. The number of amides is 2. The highest BCUT2D eigenvalue weighted by Gasteiger charge is 2.31. The van der Waals surface area contributed by atoms with Crippen molar-refractivity contribution < 1.29 is 9.59 Å². The van der Waals surface area contributed by atoms with Gasteiger partial charge in [0.15, 0.2) is 0 Å². The first kappa shape index (κ1) is 23.2. The van der Waals surface area contributed by atoms with Crippen LogP contribution in [0.4, 0.5) is 0 Å². The number of hydrogen-bond donors (Lipinski definition) is 3. The Balaban J connectivity index is 0.00000300. The van der Waals surface area contributed by atoms with Crippen LogP contribution in [0.5, 0.6) is 0 Å². The molecule has 0 aromatic heterocycles. The van der Waals surface area contributed by atoms with Crippen LogP contribution in [0.25, 0.3) is 0 Å². The first-order valence-corrected chi connectivity index (χ1v) is 9.92. The summed E-state index contributed by atoms with van der Waals surface area (Å²) in [4.78, 5) is 24.9. The summed E-state index contributed by atoms with van der Waals surface area (Å²) >= 11 is 6.05. The normalized spacial score (nSPS) is 19.1. The summed E-state index contributed by atoms with van der Waals surface area (Å²) < 4.78 is 0.